The Morgan fingerprint density at radius 2 is 2.35 bits per heavy atom. The maximum Gasteiger partial charge on any atom is 0.306 e. The quantitative estimate of drug-likeness (QED) is 0.908. The van der Waals surface area contributed by atoms with E-state index in [2.05, 4.69) is 11.8 Å². The number of benzene rings is 1. The van der Waals surface area contributed by atoms with Gasteiger partial charge in [-0.1, -0.05) is 17.7 Å². The van der Waals surface area contributed by atoms with Crippen molar-refractivity contribution in [3.63, 3.8) is 0 Å². The van der Waals surface area contributed by atoms with Crippen LogP contribution in [0.3, 0.4) is 0 Å². The van der Waals surface area contributed by atoms with E-state index in [0.29, 0.717) is 18.1 Å². The highest BCUT2D eigenvalue weighted by molar-refractivity contribution is 6.30. The van der Waals surface area contributed by atoms with Crippen LogP contribution in [0.5, 0.6) is 5.75 Å². The second-order valence-corrected chi connectivity index (χ2v) is 5.69. The van der Waals surface area contributed by atoms with Crippen molar-refractivity contribution in [2.75, 3.05) is 19.7 Å². The third-order valence-electron chi connectivity index (χ3n) is 3.81. The zero-order chi connectivity index (χ0) is 14.5. The molecule has 2 rings (SSSR count). The summed E-state index contributed by atoms with van der Waals surface area (Å²) in [6, 6.07) is 7.63. The lowest BCUT2D eigenvalue weighted by Gasteiger charge is -2.36. The van der Waals surface area contributed by atoms with Crippen molar-refractivity contribution in [2.24, 2.45) is 5.92 Å². The molecule has 1 aromatic rings. The molecule has 110 valence electrons. The summed E-state index contributed by atoms with van der Waals surface area (Å²) in [5, 5.41) is 9.70. The molecule has 1 saturated heterocycles. The fourth-order valence-corrected chi connectivity index (χ4v) is 2.80. The second kappa shape index (κ2) is 6.95. The predicted octanol–water partition coefficient (Wildman–Crippen LogP) is 2.90. The van der Waals surface area contributed by atoms with E-state index in [1.54, 1.807) is 6.07 Å². The first-order chi connectivity index (χ1) is 9.56. The van der Waals surface area contributed by atoms with Gasteiger partial charge in [0.05, 0.1) is 5.92 Å². The van der Waals surface area contributed by atoms with Crippen molar-refractivity contribution in [3.05, 3.63) is 29.3 Å². The first-order valence-corrected chi connectivity index (χ1v) is 7.29. The van der Waals surface area contributed by atoms with Gasteiger partial charge in [0.15, 0.2) is 0 Å². The molecule has 1 aliphatic rings. The van der Waals surface area contributed by atoms with Crippen molar-refractivity contribution in [1.82, 2.24) is 4.90 Å². The third-order valence-corrected chi connectivity index (χ3v) is 4.04. The molecule has 0 radical (unpaired) electrons. The number of carboxylic acid groups (broad SMARTS) is 1. The molecule has 0 aliphatic carbocycles. The van der Waals surface area contributed by atoms with Crippen LogP contribution in [0.1, 0.15) is 19.8 Å². The number of likely N-dealkylation sites (tertiary alicyclic amines) is 1. The zero-order valence-electron chi connectivity index (χ0n) is 11.6. The number of piperidine rings is 1. The molecule has 2 unspecified atom stereocenters. The van der Waals surface area contributed by atoms with E-state index in [9.17, 15) is 4.79 Å². The van der Waals surface area contributed by atoms with E-state index in [-0.39, 0.29) is 12.0 Å². The molecule has 0 aromatic heterocycles. The average Bonchev–Trinajstić information content (AvgIpc) is 2.40. The summed E-state index contributed by atoms with van der Waals surface area (Å²) in [5.41, 5.74) is 0. The van der Waals surface area contributed by atoms with Crippen molar-refractivity contribution in [3.8, 4) is 5.75 Å². The van der Waals surface area contributed by atoms with Crippen LogP contribution < -0.4 is 4.74 Å². The lowest BCUT2D eigenvalue weighted by Crippen LogP contribution is -2.44. The molecule has 0 spiro atoms. The van der Waals surface area contributed by atoms with Crippen LogP contribution in [0.2, 0.25) is 5.02 Å². The monoisotopic (exact) mass is 297 g/mol. The van der Waals surface area contributed by atoms with Crippen molar-refractivity contribution in [2.45, 2.75) is 25.8 Å². The first-order valence-electron chi connectivity index (χ1n) is 6.91. The molecule has 0 saturated carbocycles. The van der Waals surface area contributed by atoms with Crippen LogP contribution in [0.4, 0.5) is 0 Å². The standard InChI is InChI=1S/C15H20ClNO3/c1-11-9-12(15(18)19)5-6-17(11)7-8-20-14-4-2-3-13(16)10-14/h2-4,10-12H,5-9H2,1H3,(H,18,19). The van der Waals surface area contributed by atoms with Gasteiger partial charge >= 0.3 is 5.97 Å². The second-order valence-electron chi connectivity index (χ2n) is 5.25. The minimum absolute atomic E-state index is 0.199. The van der Waals surface area contributed by atoms with Gasteiger partial charge in [-0.15, -0.1) is 0 Å². The SMILES string of the molecule is CC1CC(C(=O)O)CCN1CCOc1cccc(Cl)c1. The summed E-state index contributed by atoms with van der Waals surface area (Å²) >= 11 is 5.90. The molecule has 0 amide bonds. The van der Waals surface area contributed by atoms with Gasteiger partial charge in [-0.3, -0.25) is 9.69 Å². The van der Waals surface area contributed by atoms with Gasteiger partial charge in [-0.2, -0.15) is 0 Å². The molecule has 1 heterocycles. The van der Waals surface area contributed by atoms with Gasteiger partial charge in [-0.25, -0.2) is 0 Å². The van der Waals surface area contributed by atoms with Crippen molar-refractivity contribution >= 4 is 17.6 Å². The number of carboxylic acids is 1. The number of carbonyl (C=O) groups is 1. The Morgan fingerprint density at radius 3 is 3.00 bits per heavy atom. The molecule has 1 aromatic carbocycles. The largest absolute Gasteiger partial charge is 0.492 e. The number of halogens is 1. The van der Waals surface area contributed by atoms with Crippen LogP contribution in [-0.4, -0.2) is 41.7 Å². The topological polar surface area (TPSA) is 49.8 Å². The normalized spacial score (nSPS) is 23.5. The third kappa shape index (κ3) is 4.12. The Hall–Kier alpha value is -1.26. The minimum atomic E-state index is -0.674. The molecule has 5 heteroatoms. The van der Waals surface area contributed by atoms with E-state index < -0.39 is 5.97 Å². The Bertz CT molecular complexity index is 466. The van der Waals surface area contributed by atoms with Crippen LogP contribution in [0.15, 0.2) is 24.3 Å². The number of ether oxygens (including phenoxy) is 1. The summed E-state index contributed by atoms with van der Waals surface area (Å²) < 4.78 is 5.67. The number of nitrogens with zero attached hydrogens (tertiary/aromatic N) is 1. The summed E-state index contributed by atoms with van der Waals surface area (Å²) in [6.07, 6.45) is 1.43. The Morgan fingerprint density at radius 1 is 1.55 bits per heavy atom. The zero-order valence-corrected chi connectivity index (χ0v) is 12.3. The number of hydrogen-bond donors (Lipinski definition) is 1. The van der Waals surface area contributed by atoms with E-state index in [4.69, 9.17) is 21.4 Å². The van der Waals surface area contributed by atoms with Crippen LogP contribution in [0, 0.1) is 5.92 Å². The van der Waals surface area contributed by atoms with E-state index in [1.165, 1.54) is 0 Å². The molecule has 4 nitrogen and oxygen atoms in total. The Labute approximate surface area is 124 Å². The van der Waals surface area contributed by atoms with Crippen LogP contribution in [0.25, 0.3) is 0 Å². The molecule has 20 heavy (non-hydrogen) atoms. The molecular weight excluding hydrogens is 278 g/mol. The highest BCUT2D eigenvalue weighted by Gasteiger charge is 2.29. The number of aliphatic carboxylic acids is 1. The van der Waals surface area contributed by atoms with Gasteiger partial charge < -0.3 is 9.84 Å². The van der Waals surface area contributed by atoms with Gasteiger partial charge in [0.25, 0.3) is 0 Å². The Kier molecular flexibility index (Phi) is 5.26. The molecule has 0 bridgehead atoms. The van der Waals surface area contributed by atoms with Gasteiger partial charge in [0.2, 0.25) is 0 Å². The fraction of sp³-hybridized carbons (Fsp3) is 0.533. The summed E-state index contributed by atoms with van der Waals surface area (Å²) in [6.45, 7) is 4.29. The smallest absolute Gasteiger partial charge is 0.306 e. The molecular formula is C15H20ClNO3. The van der Waals surface area contributed by atoms with Gasteiger partial charge in [-0.05, 0) is 44.5 Å². The molecule has 1 aliphatic heterocycles. The van der Waals surface area contributed by atoms with Crippen molar-refractivity contribution < 1.29 is 14.6 Å². The minimum Gasteiger partial charge on any atom is -0.492 e. The summed E-state index contributed by atoms with van der Waals surface area (Å²) in [7, 11) is 0. The molecule has 2 atom stereocenters. The summed E-state index contributed by atoms with van der Waals surface area (Å²) in [5.74, 6) is -0.104. The predicted molar refractivity (Wildman–Crippen MR) is 78.3 cm³/mol. The molecule has 1 N–H and O–H groups in total. The van der Waals surface area contributed by atoms with Crippen LogP contribution >= 0.6 is 11.6 Å². The number of hydrogen-bond acceptors (Lipinski definition) is 3. The lowest BCUT2D eigenvalue weighted by molar-refractivity contribution is -0.144. The highest BCUT2D eigenvalue weighted by Crippen LogP contribution is 2.23. The maximum absolute atomic E-state index is 11.0. The van der Waals surface area contributed by atoms with E-state index in [1.807, 2.05) is 18.2 Å². The van der Waals surface area contributed by atoms with Gasteiger partial charge in [0, 0.05) is 17.6 Å². The van der Waals surface area contributed by atoms with Crippen LogP contribution in [-0.2, 0) is 4.79 Å². The lowest BCUT2D eigenvalue weighted by atomic mass is 9.92. The fourth-order valence-electron chi connectivity index (χ4n) is 2.61. The average molecular weight is 298 g/mol. The summed E-state index contributed by atoms with van der Waals surface area (Å²) in [4.78, 5) is 13.3. The molecule has 1 fully saturated rings. The van der Waals surface area contributed by atoms with Gasteiger partial charge in [0.1, 0.15) is 12.4 Å². The number of rotatable bonds is 5. The maximum atomic E-state index is 11.0. The Balaban J connectivity index is 1.76. The van der Waals surface area contributed by atoms with E-state index in [0.717, 1.165) is 25.3 Å². The highest BCUT2D eigenvalue weighted by atomic mass is 35.5. The van der Waals surface area contributed by atoms with Crippen molar-refractivity contribution in [1.29, 1.82) is 0 Å². The first kappa shape index (κ1) is 15.1. The van der Waals surface area contributed by atoms with E-state index >= 15 is 0 Å².